The van der Waals surface area contributed by atoms with Gasteiger partial charge in [0.15, 0.2) is 0 Å². The van der Waals surface area contributed by atoms with Crippen LogP contribution >= 0.6 is 11.6 Å². The first kappa shape index (κ1) is 21.8. The SMILES string of the molecule is O=C(NCCO)c1cccc(N(Cc2ccc(Cl)cc2)S(=O)(=O)c2cccnc2)c1. The maximum Gasteiger partial charge on any atom is 0.266 e. The van der Waals surface area contributed by atoms with Crippen molar-refractivity contribution in [3.8, 4) is 0 Å². The summed E-state index contributed by atoms with van der Waals surface area (Å²) in [5.41, 5.74) is 1.33. The van der Waals surface area contributed by atoms with Gasteiger partial charge in [0, 0.05) is 29.5 Å². The van der Waals surface area contributed by atoms with Crippen LogP contribution in [0.25, 0.3) is 0 Å². The number of amides is 1. The van der Waals surface area contributed by atoms with Crippen molar-refractivity contribution in [1.29, 1.82) is 0 Å². The third kappa shape index (κ3) is 5.15. The molecular formula is C21H20ClN3O4S. The second-order valence-corrected chi connectivity index (χ2v) is 8.66. The van der Waals surface area contributed by atoms with Crippen molar-refractivity contribution in [1.82, 2.24) is 10.3 Å². The third-order valence-electron chi connectivity index (χ3n) is 4.26. The summed E-state index contributed by atoms with van der Waals surface area (Å²) in [7, 11) is -3.96. The summed E-state index contributed by atoms with van der Waals surface area (Å²) in [4.78, 5) is 16.2. The average Bonchev–Trinajstić information content (AvgIpc) is 2.77. The Kier molecular flexibility index (Phi) is 7.04. The number of carbonyl (C=O) groups is 1. The zero-order chi connectivity index (χ0) is 21.6. The first-order valence-corrected chi connectivity index (χ1v) is 10.9. The van der Waals surface area contributed by atoms with Crippen LogP contribution in [-0.2, 0) is 16.6 Å². The maximum atomic E-state index is 13.4. The Bertz CT molecular complexity index is 1110. The quantitative estimate of drug-likeness (QED) is 0.555. The molecule has 2 aromatic carbocycles. The molecule has 0 saturated heterocycles. The molecule has 1 heterocycles. The average molecular weight is 446 g/mol. The highest BCUT2D eigenvalue weighted by molar-refractivity contribution is 7.92. The third-order valence-corrected chi connectivity index (χ3v) is 6.26. The molecule has 0 atom stereocenters. The number of anilines is 1. The summed E-state index contributed by atoms with van der Waals surface area (Å²) in [5.74, 6) is -0.406. The zero-order valence-electron chi connectivity index (χ0n) is 15.9. The molecule has 2 N–H and O–H groups in total. The Labute approximate surface area is 180 Å². The lowest BCUT2D eigenvalue weighted by Crippen LogP contribution is -2.31. The van der Waals surface area contributed by atoms with Gasteiger partial charge in [0.05, 0.1) is 18.8 Å². The number of rotatable bonds is 8. The monoisotopic (exact) mass is 445 g/mol. The number of carbonyl (C=O) groups excluding carboxylic acids is 1. The van der Waals surface area contributed by atoms with Crippen molar-refractivity contribution in [3.63, 3.8) is 0 Å². The van der Waals surface area contributed by atoms with Crippen LogP contribution in [0.4, 0.5) is 5.69 Å². The number of benzene rings is 2. The molecule has 0 saturated carbocycles. The molecule has 0 aliphatic carbocycles. The Hall–Kier alpha value is -2.94. The summed E-state index contributed by atoms with van der Waals surface area (Å²) in [6.07, 6.45) is 2.77. The molecule has 0 bridgehead atoms. The van der Waals surface area contributed by atoms with E-state index >= 15 is 0 Å². The van der Waals surface area contributed by atoms with Crippen LogP contribution in [0.15, 0.2) is 78.0 Å². The molecule has 0 fully saturated rings. The molecule has 30 heavy (non-hydrogen) atoms. The van der Waals surface area contributed by atoms with Gasteiger partial charge in [0.2, 0.25) is 0 Å². The van der Waals surface area contributed by atoms with Gasteiger partial charge in [-0.15, -0.1) is 0 Å². The van der Waals surface area contributed by atoms with Crippen LogP contribution in [0, 0.1) is 0 Å². The van der Waals surface area contributed by atoms with E-state index in [9.17, 15) is 13.2 Å². The Balaban J connectivity index is 2.03. The van der Waals surface area contributed by atoms with Crippen molar-refractivity contribution in [2.75, 3.05) is 17.5 Å². The highest BCUT2D eigenvalue weighted by atomic mass is 35.5. The van der Waals surface area contributed by atoms with Gasteiger partial charge in [-0.25, -0.2) is 8.42 Å². The molecule has 0 aliphatic rings. The van der Waals surface area contributed by atoms with Crippen molar-refractivity contribution < 1.29 is 18.3 Å². The predicted octanol–water partition coefficient (Wildman–Crippen LogP) is 2.85. The zero-order valence-corrected chi connectivity index (χ0v) is 17.5. The van der Waals surface area contributed by atoms with E-state index in [1.807, 2.05) is 0 Å². The van der Waals surface area contributed by atoms with E-state index in [0.717, 1.165) is 5.56 Å². The predicted molar refractivity (Wildman–Crippen MR) is 115 cm³/mol. The van der Waals surface area contributed by atoms with Gasteiger partial charge in [0.1, 0.15) is 4.90 Å². The molecule has 0 radical (unpaired) electrons. The number of hydrogen-bond acceptors (Lipinski definition) is 5. The van der Waals surface area contributed by atoms with E-state index in [4.69, 9.17) is 16.7 Å². The van der Waals surface area contributed by atoms with Crippen LogP contribution < -0.4 is 9.62 Å². The minimum absolute atomic E-state index is 0.0362. The second-order valence-electron chi connectivity index (χ2n) is 6.36. The van der Waals surface area contributed by atoms with Gasteiger partial charge < -0.3 is 10.4 Å². The van der Waals surface area contributed by atoms with E-state index in [2.05, 4.69) is 10.3 Å². The minimum Gasteiger partial charge on any atom is -0.395 e. The molecule has 0 aliphatic heterocycles. The fraction of sp³-hybridized carbons (Fsp3) is 0.143. The lowest BCUT2D eigenvalue weighted by Gasteiger charge is -2.25. The number of pyridine rings is 1. The first-order valence-electron chi connectivity index (χ1n) is 9.08. The Morgan fingerprint density at radius 2 is 1.87 bits per heavy atom. The molecule has 1 amide bonds. The maximum absolute atomic E-state index is 13.4. The number of nitrogens with zero attached hydrogens (tertiary/aromatic N) is 2. The number of aromatic nitrogens is 1. The van der Waals surface area contributed by atoms with Crippen LogP contribution in [0.5, 0.6) is 0 Å². The number of aliphatic hydroxyl groups excluding tert-OH is 1. The van der Waals surface area contributed by atoms with Crippen LogP contribution in [0.1, 0.15) is 15.9 Å². The first-order chi connectivity index (χ1) is 14.4. The topological polar surface area (TPSA) is 99.6 Å². The summed E-state index contributed by atoms with van der Waals surface area (Å²) in [6, 6.07) is 16.2. The number of nitrogens with one attached hydrogen (secondary N) is 1. The largest absolute Gasteiger partial charge is 0.395 e. The number of hydrogen-bond donors (Lipinski definition) is 2. The van der Waals surface area contributed by atoms with Gasteiger partial charge in [-0.05, 0) is 48.0 Å². The minimum atomic E-state index is -3.96. The van der Waals surface area contributed by atoms with Crippen LogP contribution in [0.3, 0.4) is 0 Å². The number of aliphatic hydroxyl groups is 1. The molecule has 3 rings (SSSR count). The van der Waals surface area contributed by atoms with Gasteiger partial charge >= 0.3 is 0 Å². The molecule has 0 spiro atoms. The van der Waals surface area contributed by atoms with Gasteiger partial charge in [-0.2, -0.15) is 0 Å². The highest BCUT2D eigenvalue weighted by Gasteiger charge is 2.26. The van der Waals surface area contributed by atoms with Crippen molar-refractivity contribution in [2.45, 2.75) is 11.4 Å². The number of sulfonamides is 1. The van der Waals surface area contributed by atoms with Gasteiger partial charge in [0.25, 0.3) is 15.9 Å². The second kappa shape index (κ2) is 9.71. The van der Waals surface area contributed by atoms with Crippen LogP contribution in [-0.4, -0.2) is 37.6 Å². The Morgan fingerprint density at radius 3 is 2.53 bits per heavy atom. The van der Waals surface area contributed by atoms with Gasteiger partial charge in [-0.3, -0.25) is 14.1 Å². The summed E-state index contributed by atoms with van der Waals surface area (Å²) < 4.78 is 28.0. The molecule has 0 unspecified atom stereocenters. The molecule has 156 valence electrons. The van der Waals surface area contributed by atoms with Crippen molar-refractivity contribution in [3.05, 3.63) is 89.2 Å². The van der Waals surface area contributed by atoms with Crippen LogP contribution in [0.2, 0.25) is 5.02 Å². The molecule has 7 nitrogen and oxygen atoms in total. The van der Waals surface area contributed by atoms with E-state index < -0.39 is 15.9 Å². The number of halogens is 1. The van der Waals surface area contributed by atoms with Crippen molar-refractivity contribution >= 4 is 33.2 Å². The molecule has 3 aromatic rings. The smallest absolute Gasteiger partial charge is 0.266 e. The van der Waals surface area contributed by atoms with Gasteiger partial charge in [-0.1, -0.05) is 29.8 Å². The fourth-order valence-electron chi connectivity index (χ4n) is 2.77. The Morgan fingerprint density at radius 1 is 1.10 bits per heavy atom. The highest BCUT2D eigenvalue weighted by Crippen LogP contribution is 2.27. The summed E-state index contributed by atoms with van der Waals surface area (Å²) in [5, 5.41) is 12.0. The molecule has 9 heteroatoms. The molecule has 1 aromatic heterocycles. The van der Waals surface area contributed by atoms with E-state index in [-0.39, 0.29) is 30.2 Å². The van der Waals surface area contributed by atoms with E-state index in [1.165, 1.54) is 28.8 Å². The summed E-state index contributed by atoms with van der Waals surface area (Å²) in [6.45, 7) is -0.0504. The fourth-order valence-corrected chi connectivity index (χ4v) is 4.31. The lowest BCUT2D eigenvalue weighted by molar-refractivity contribution is 0.0945. The standard InChI is InChI=1S/C21H20ClN3O4S/c22-18-8-6-16(7-9-18)15-25(30(28,29)20-5-2-10-23-14-20)19-4-1-3-17(13-19)21(27)24-11-12-26/h1-10,13-14,26H,11-12,15H2,(H,24,27). The molecular weight excluding hydrogens is 426 g/mol. The normalized spacial score (nSPS) is 11.1. The van der Waals surface area contributed by atoms with E-state index in [0.29, 0.717) is 10.7 Å². The lowest BCUT2D eigenvalue weighted by atomic mass is 10.1. The summed E-state index contributed by atoms with van der Waals surface area (Å²) >= 11 is 5.95. The van der Waals surface area contributed by atoms with E-state index in [1.54, 1.807) is 48.5 Å². The van der Waals surface area contributed by atoms with Crippen molar-refractivity contribution in [2.24, 2.45) is 0 Å².